The van der Waals surface area contributed by atoms with Crippen LogP contribution in [0.4, 0.5) is 4.79 Å². The van der Waals surface area contributed by atoms with Crippen molar-refractivity contribution in [2.24, 2.45) is 5.92 Å². The number of benzene rings is 2. The molecule has 33 heavy (non-hydrogen) atoms. The van der Waals surface area contributed by atoms with Crippen LogP contribution in [0.15, 0.2) is 48.5 Å². The van der Waals surface area contributed by atoms with Gasteiger partial charge in [-0.1, -0.05) is 60.9 Å². The summed E-state index contributed by atoms with van der Waals surface area (Å²) in [6.45, 7) is 0.241. The van der Waals surface area contributed by atoms with Crippen molar-refractivity contribution < 1.29 is 24.2 Å². The zero-order valence-corrected chi connectivity index (χ0v) is 18.2. The fourth-order valence-electron chi connectivity index (χ4n) is 4.76. The normalized spacial score (nSPS) is 18.8. The molecule has 0 bridgehead atoms. The Bertz CT molecular complexity index is 1070. The summed E-state index contributed by atoms with van der Waals surface area (Å²) in [4.78, 5) is 35.3. The van der Waals surface area contributed by atoms with Gasteiger partial charge in [0.1, 0.15) is 6.61 Å². The minimum absolute atomic E-state index is 0.0000519. The Hall–Kier alpha value is -3.79. The Morgan fingerprint density at radius 1 is 1.00 bits per heavy atom. The van der Waals surface area contributed by atoms with E-state index in [1.807, 2.05) is 30.2 Å². The van der Waals surface area contributed by atoms with Crippen LogP contribution in [-0.4, -0.2) is 42.3 Å². The van der Waals surface area contributed by atoms with E-state index < -0.39 is 12.1 Å². The highest BCUT2D eigenvalue weighted by atomic mass is 16.5. The van der Waals surface area contributed by atoms with Crippen LogP contribution in [-0.2, 0) is 14.3 Å². The third kappa shape index (κ3) is 5.35. The zero-order chi connectivity index (χ0) is 23.2. The molecule has 0 aromatic heterocycles. The van der Waals surface area contributed by atoms with Crippen LogP contribution >= 0.6 is 0 Å². The molecule has 2 aliphatic rings. The standard InChI is InChI=1S/C26H26N2O5/c29-24(30)13-6-14-27-25(31)17-7-5-8-18(15-17)28-26(32)33-16-23-21-11-3-1-9-19(21)20-10-2-4-12-22(20)23/h1-4,9-12,17-18,23H,5,7-8,14-16H2,(H,27,31)(H,28,32)(H,29,30)/t17-,18+/m0/s1. The topological polar surface area (TPSA) is 105 Å². The van der Waals surface area contributed by atoms with E-state index in [2.05, 4.69) is 40.8 Å². The van der Waals surface area contributed by atoms with Gasteiger partial charge in [0.05, 0.1) is 6.54 Å². The van der Waals surface area contributed by atoms with Crippen LogP contribution < -0.4 is 10.6 Å². The number of carboxylic acids is 1. The molecule has 0 unspecified atom stereocenters. The van der Waals surface area contributed by atoms with E-state index in [0.717, 1.165) is 30.4 Å². The van der Waals surface area contributed by atoms with Gasteiger partial charge < -0.3 is 20.5 Å². The van der Waals surface area contributed by atoms with Crippen molar-refractivity contribution >= 4 is 18.0 Å². The van der Waals surface area contributed by atoms with Gasteiger partial charge in [-0.3, -0.25) is 4.79 Å². The van der Waals surface area contributed by atoms with E-state index in [1.54, 1.807) is 0 Å². The molecule has 1 fully saturated rings. The highest BCUT2D eigenvalue weighted by Gasteiger charge is 2.31. The lowest BCUT2D eigenvalue weighted by atomic mass is 9.85. The number of ether oxygens (including phenoxy) is 1. The Morgan fingerprint density at radius 2 is 1.67 bits per heavy atom. The van der Waals surface area contributed by atoms with Crippen molar-refractivity contribution in [3.05, 3.63) is 59.7 Å². The molecule has 1 saturated carbocycles. The van der Waals surface area contributed by atoms with Crippen molar-refractivity contribution in [3.8, 4) is 23.0 Å². The molecule has 170 valence electrons. The molecule has 0 saturated heterocycles. The van der Waals surface area contributed by atoms with Crippen LogP contribution in [0.2, 0.25) is 0 Å². The fraction of sp³-hybridized carbons (Fsp3) is 0.346. The van der Waals surface area contributed by atoms with Gasteiger partial charge in [0.25, 0.3) is 0 Å². The number of amides is 2. The van der Waals surface area contributed by atoms with E-state index in [9.17, 15) is 14.4 Å². The van der Waals surface area contributed by atoms with Gasteiger partial charge in [0, 0.05) is 23.8 Å². The van der Waals surface area contributed by atoms with Crippen molar-refractivity contribution in [1.29, 1.82) is 0 Å². The van der Waals surface area contributed by atoms with E-state index in [1.165, 1.54) is 11.1 Å². The minimum atomic E-state index is -1.23. The lowest BCUT2D eigenvalue weighted by Gasteiger charge is -2.28. The van der Waals surface area contributed by atoms with E-state index >= 15 is 0 Å². The molecule has 2 aliphatic carbocycles. The van der Waals surface area contributed by atoms with E-state index in [4.69, 9.17) is 9.84 Å². The maximum absolute atomic E-state index is 12.5. The van der Waals surface area contributed by atoms with Gasteiger partial charge in [0.15, 0.2) is 0 Å². The number of aliphatic carboxylic acids is 1. The quantitative estimate of drug-likeness (QED) is 0.612. The van der Waals surface area contributed by atoms with Crippen molar-refractivity contribution in [2.45, 2.75) is 37.6 Å². The molecule has 0 heterocycles. The predicted octanol–water partition coefficient (Wildman–Crippen LogP) is 3.29. The number of hydrogen-bond donors (Lipinski definition) is 3. The molecule has 0 radical (unpaired) electrons. The molecule has 0 spiro atoms. The molecule has 3 N–H and O–H groups in total. The first-order chi connectivity index (χ1) is 16.0. The second-order valence-corrected chi connectivity index (χ2v) is 8.36. The first-order valence-electron chi connectivity index (χ1n) is 11.1. The van der Waals surface area contributed by atoms with Crippen molar-refractivity contribution in [2.75, 3.05) is 13.2 Å². The predicted molar refractivity (Wildman–Crippen MR) is 122 cm³/mol. The number of rotatable bonds is 5. The van der Waals surface area contributed by atoms with Crippen LogP contribution in [0.25, 0.3) is 11.1 Å². The highest BCUT2D eigenvalue weighted by molar-refractivity contribution is 5.86. The van der Waals surface area contributed by atoms with Gasteiger partial charge in [-0.15, -0.1) is 0 Å². The molecule has 0 aliphatic heterocycles. The highest BCUT2D eigenvalue weighted by Crippen LogP contribution is 2.44. The van der Waals surface area contributed by atoms with Gasteiger partial charge in [-0.25, -0.2) is 9.59 Å². The molecule has 4 rings (SSSR count). The molecule has 2 atom stereocenters. The molecule has 2 amide bonds. The third-order valence-corrected chi connectivity index (χ3v) is 6.26. The summed E-state index contributed by atoms with van der Waals surface area (Å²) in [5, 5.41) is 14.1. The average molecular weight is 447 g/mol. The van der Waals surface area contributed by atoms with Crippen LogP contribution in [0, 0.1) is 17.8 Å². The summed E-state index contributed by atoms with van der Waals surface area (Å²) in [7, 11) is 0. The third-order valence-electron chi connectivity index (χ3n) is 6.26. The molecule has 7 heteroatoms. The number of carbonyl (C=O) groups is 3. The Balaban J connectivity index is 1.29. The van der Waals surface area contributed by atoms with Crippen LogP contribution in [0.3, 0.4) is 0 Å². The molecular formula is C26H26N2O5. The summed E-state index contributed by atoms with van der Waals surface area (Å²) in [6.07, 6.45) is 2.36. The smallest absolute Gasteiger partial charge is 0.407 e. The lowest BCUT2D eigenvalue weighted by molar-refractivity contribution is -0.130. The second kappa shape index (κ2) is 10.2. The number of carboxylic acid groups (broad SMARTS) is 1. The monoisotopic (exact) mass is 446 g/mol. The maximum Gasteiger partial charge on any atom is 0.407 e. The molecule has 7 nitrogen and oxygen atoms in total. The molecular weight excluding hydrogens is 420 g/mol. The van der Waals surface area contributed by atoms with Crippen LogP contribution in [0.5, 0.6) is 0 Å². The summed E-state index contributed by atoms with van der Waals surface area (Å²) < 4.78 is 5.62. The van der Waals surface area contributed by atoms with Gasteiger partial charge in [0.2, 0.25) is 5.91 Å². The van der Waals surface area contributed by atoms with Gasteiger partial charge >= 0.3 is 12.1 Å². The first-order valence-corrected chi connectivity index (χ1v) is 11.1. The SMILES string of the molecule is O=C(O)C#CCNC(=O)[C@H]1CCC[C@@H](NC(=O)OCC2c3ccccc3-c3ccccc32)C1. The molecule has 2 aromatic rings. The van der Waals surface area contributed by atoms with E-state index in [-0.39, 0.29) is 36.9 Å². The number of fused-ring (bicyclic) bond motifs is 3. The number of hydrogen-bond acceptors (Lipinski definition) is 4. The Kier molecular flexibility index (Phi) is 6.94. The zero-order valence-electron chi connectivity index (χ0n) is 18.2. The number of alkyl carbamates (subject to hydrolysis) is 1. The van der Waals surface area contributed by atoms with Gasteiger partial charge in [-0.05, 0) is 41.5 Å². The number of nitrogens with one attached hydrogen (secondary N) is 2. The summed E-state index contributed by atoms with van der Waals surface area (Å²) in [6, 6.07) is 16.2. The summed E-state index contributed by atoms with van der Waals surface area (Å²) in [5.41, 5.74) is 4.67. The first kappa shape index (κ1) is 22.4. The van der Waals surface area contributed by atoms with Gasteiger partial charge in [-0.2, -0.15) is 0 Å². The molecule has 2 aromatic carbocycles. The maximum atomic E-state index is 12.5. The van der Waals surface area contributed by atoms with Crippen molar-refractivity contribution in [3.63, 3.8) is 0 Å². The summed E-state index contributed by atoms with van der Waals surface area (Å²) >= 11 is 0. The summed E-state index contributed by atoms with van der Waals surface area (Å²) in [5.74, 6) is 2.71. The Labute approximate surface area is 192 Å². The van der Waals surface area contributed by atoms with E-state index in [0.29, 0.717) is 6.42 Å². The second-order valence-electron chi connectivity index (χ2n) is 8.36. The number of carbonyl (C=O) groups excluding carboxylic acids is 2. The Morgan fingerprint density at radius 3 is 2.33 bits per heavy atom. The largest absolute Gasteiger partial charge is 0.472 e. The minimum Gasteiger partial charge on any atom is -0.472 e. The lowest BCUT2D eigenvalue weighted by Crippen LogP contribution is -2.43. The average Bonchev–Trinajstić information content (AvgIpc) is 3.14. The van der Waals surface area contributed by atoms with Crippen molar-refractivity contribution in [1.82, 2.24) is 10.6 Å². The fourth-order valence-corrected chi connectivity index (χ4v) is 4.76. The van der Waals surface area contributed by atoms with Crippen LogP contribution in [0.1, 0.15) is 42.7 Å².